The number of nitrogens with zero attached hydrogens (tertiary/aromatic N) is 1. The Morgan fingerprint density at radius 2 is 2.45 bits per heavy atom. The molecule has 1 rings (SSSR count). The molecule has 4 nitrogen and oxygen atoms in total. The maximum absolute atomic E-state index is 10.3. The highest BCUT2D eigenvalue weighted by atomic mass is 16.5. The average molecular weight is 154 g/mol. The van der Waals surface area contributed by atoms with E-state index in [0.29, 0.717) is 18.1 Å². The zero-order chi connectivity index (χ0) is 8.27. The second-order valence-electron chi connectivity index (χ2n) is 2.24. The number of hydrogen-bond acceptors (Lipinski definition) is 3. The van der Waals surface area contributed by atoms with Crippen LogP contribution in [0.3, 0.4) is 0 Å². The van der Waals surface area contributed by atoms with Gasteiger partial charge in [0.15, 0.2) is 6.29 Å². The molecule has 0 saturated carbocycles. The van der Waals surface area contributed by atoms with Crippen LogP contribution >= 0.6 is 0 Å². The third-order valence-corrected chi connectivity index (χ3v) is 1.36. The molecule has 1 heterocycles. The van der Waals surface area contributed by atoms with Crippen molar-refractivity contribution in [2.75, 3.05) is 7.11 Å². The molecule has 1 N–H and O–H groups in total. The van der Waals surface area contributed by atoms with Crippen molar-refractivity contribution in [3.63, 3.8) is 0 Å². The van der Waals surface area contributed by atoms with Crippen LogP contribution < -0.4 is 0 Å². The highest BCUT2D eigenvalue weighted by Crippen LogP contribution is 2.02. The molecule has 0 fully saturated rings. The van der Waals surface area contributed by atoms with Gasteiger partial charge in [-0.05, 0) is 6.92 Å². The summed E-state index contributed by atoms with van der Waals surface area (Å²) in [6.07, 6.45) is 0.727. The van der Waals surface area contributed by atoms with Crippen molar-refractivity contribution in [1.29, 1.82) is 0 Å². The highest BCUT2D eigenvalue weighted by molar-refractivity contribution is 5.73. The van der Waals surface area contributed by atoms with Crippen LogP contribution in [0.15, 0.2) is 0 Å². The Bertz CT molecular complexity index is 255. The first-order chi connectivity index (χ1) is 5.27. The van der Waals surface area contributed by atoms with E-state index in [0.717, 1.165) is 12.0 Å². The monoisotopic (exact) mass is 154 g/mol. The van der Waals surface area contributed by atoms with Crippen molar-refractivity contribution in [1.82, 2.24) is 9.97 Å². The zero-order valence-corrected chi connectivity index (χ0v) is 6.55. The van der Waals surface area contributed by atoms with Gasteiger partial charge in [0.05, 0.1) is 0 Å². The topological polar surface area (TPSA) is 55.0 Å². The SMILES string of the molecule is COCc1nc(C=O)c(C)[nH]1. The highest BCUT2D eigenvalue weighted by Gasteiger charge is 2.03. The van der Waals surface area contributed by atoms with E-state index in [2.05, 4.69) is 9.97 Å². The van der Waals surface area contributed by atoms with Crippen LogP contribution in [-0.2, 0) is 11.3 Å². The van der Waals surface area contributed by atoms with Crippen LogP contribution in [0.5, 0.6) is 0 Å². The summed E-state index contributed by atoms with van der Waals surface area (Å²) in [7, 11) is 1.58. The van der Waals surface area contributed by atoms with Gasteiger partial charge in [0, 0.05) is 12.8 Å². The lowest BCUT2D eigenvalue weighted by Gasteiger charge is -1.89. The van der Waals surface area contributed by atoms with Crippen LogP contribution in [0.1, 0.15) is 22.0 Å². The van der Waals surface area contributed by atoms with Crippen molar-refractivity contribution < 1.29 is 9.53 Å². The molecule has 1 aromatic heterocycles. The van der Waals surface area contributed by atoms with Crippen molar-refractivity contribution in [3.8, 4) is 0 Å². The number of aromatic amines is 1. The van der Waals surface area contributed by atoms with E-state index in [9.17, 15) is 4.79 Å². The minimum atomic E-state index is 0.411. The number of H-pyrrole nitrogens is 1. The maximum Gasteiger partial charge on any atom is 0.170 e. The number of aryl methyl sites for hydroxylation is 1. The summed E-state index contributed by atoms with van der Waals surface area (Å²) in [6.45, 7) is 2.21. The number of aldehydes is 1. The molecule has 0 aromatic carbocycles. The first kappa shape index (κ1) is 7.94. The number of ether oxygens (including phenoxy) is 1. The summed E-state index contributed by atoms with van der Waals surface area (Å²) in [5.41, 5.74) is 1.24. The normalized spacial score (nSPS) is 10.0. The summed E-state index contributed by atoms with van der Waals surface area (Å²) >= 11 is 0. The fourth-order valence-electron chi connectivity index (χ4n) is 0.857. The van der Waals surface area contributed by atoms with Crippen molar-refractivity contribution in [2.24, 2.45) is 0 Å². The lowest BCUT2D eigenvalue weighted by Crippen LogP contribution is -1.89. The second-order valence-corrected chi connectivity index (χ2v) is 2.24. The predicted octanol–water partition coefficient (Wildman–Crippen LogP) is 0.677. The molecular formula is C7H10N2O2. The molecule has 0 atom stereocenters. The molecule has 0 radical (unpaired) electrons. The van der Waals surface area contributed by atoms with E-state index in [1.54, 1.807) is 14.0 Å². The molecule has 0 saturated heterocycles. The first-order valence-electron chi connectivity index (χ1n) is 3.27. The van der Waals surface area contributed by atoms with Crippen LogP contribution in [-0.4, -0.2) is 23.4 Å². The van der Waals surface area contributed by atoms with Gasteiger partial charge in [-0.1, -0.05) is 0 Å². The number of nitrogens with one attached hydrogen (secondary N) is 1. The summed E-state index contributed by atoms with van der Waals surface area (Å²) in [4.78, 5) is 17.2. The van der Waals surface area contributed by atoms with Crippen molar-refractivity contribution in [2.45, 2.75) is 13.5 Å². The van der Waals surface area contributed by atoms with E-state index in [-0.39, 0.29) is 0 Å². The quantitative estimate of drug-likeness (QED) is 0.651. The molecule has 0 amide bonds. The summed E-state index contributed by atoms with van der Waals surface area (Å²) < 4.78 is 4.83. The minimum Gasteiger partial charge on any atom is -0.377 e. The van der Waals surface area contributed by atoms with Crippen molar-refractivity contribution in [3.05, 3.63) is 17.2 Å². The van der Waals surface area contributed by atoms with Gasteiger partial charge in [0.2, 0.25) is 0 Å². The average Bonchev–Trinajstić information content (AvgIpc) is 2.32. The van der Waals surface area contributed by atoms with Crippen LogP contribution in [0.25, 0.3) is 0 Å². The van der Waals surface area contributed by atoms with Gasteiger partial charge in [-0.15, -0.1) is 0 Å². The van der Waals surface area contributed by atoms with Gasteiger partial charge >= 0.3 is 0 Å². The fourth-order valence-corrected chi connectivity index (χ4v) is 0.857. The Kier molecular flexibility index (Phi) is 2.38. The van der Waals surface area contributed by atoms with Crippen LogP contribution in [0.2, 0.25) is 0 Å². The van der Waals surface area contributed by atoms with Gasteiger partial charge in [-0.3, -0.25) is 4.79 Å². The molecule has 0 spiro atoms. The number of carbonyl (C=O) groups is 1. The standard InChI is InChI=1S/C7H10N2O2/c1-5-6(3-10)9-7(8-5)4-11-2/h3H,4H2,1-2H3,(H,8,9). The number of methoxy groups -OCH3 is 1. The van der Waals surface area contributed by atoms with Gasteiger partial charge in [0.25, 0.3) is 0 Å². The lowest BCUT2D eigenvalue weighted by atomic mass is 10.4. The maximum atomic E-state index is 10.3. The van der Waals surface area contributed by atoms with Crippen molar-refractivity contribution >= 4 is 6.29 Å². The number of aromatic nitrogens is 2. The molecule has 0 bridgehead atoms. The Balaban J connectivity index is 2.86. The molecule has 0 aliphatic carbocycles. The van der Waals surface area contributed by atoms with Crippen LogP contribution in [0.4, 0.5) is 0 Å². The Morgan fingerprint density at radius 1 is 1.73 bits per heavy atom. The summed E-state index contributed by atoms with van der Waals surface area (Å²) in [6, 6.07) is 0. The predicted molar refractivity (Wildman–Crippen MR) is 39.4 cm³/mol. The number of hydrogen-bond donors (Lipinski definition) is 1. The molecule has 0 unspecified atom stereocenters. The smallest absolute Gasteiger partial charge is 0.170 e. The molecule has 4 heteroatoms. The Labute approximate surface area is 64.6 Å². The van der Waals surface area contributed by atoms with Gasteiger partial charge in [-0.2, -0.15) is 0 Å². The fraction of sp³-hybridized carbons (Fsp3) is 0.429. The second kappa shape index (κ2) is 3.30. The van der Waals surface area contributed by atoms with E-state index in [1.165, 1.54) is 0 Å². The molecule has 11 heavy (non-hydrogen) atoms. The zero-order valence-electron chi connectivity index (χ0n) is 6.55. The van der Waals surface area contributed by atoms with Gasteiger partial charge < -0.3 is 9.72 Å². The first-order valence-corrected chi connectivity index (χ1v) is 3.27. The molecule has 0 aliphatic heterocycles. The number of rotatable bonds is 3. The largest absolute Gasteiger partial charge is 0.377 e. The molecule has 60 valence electrons. The van der Waals surface area contributed by atoms with E-state index >= 15 is 0 Å². The summed E-state index contributed by atoms with van der Waals surface area (Å²) in [5.74, 6) is 0.687. The molecular weight excluding hydrogens is 144 g/mol. The Hall–Kier alpha value is -1.16. The molecule has 0 aliphatic rings. The third kappa shape index (κ3) is 1.65. The number of imidazole rings is 1. The van der Waals surface area contributed by atoms with Crippen LogP contribution in [0, 0.1) is 6.92 Å². The third-order valence-electron chi connectivity index (χ3n) is 1.36. The lowest BCUT2D eigenvalue weighted by molar-refractivity contribution is 0.111. The van der Waals surface area contributed by atoms with Gasteiger partial charge in [0.1, 0.15) is 18.1 Å². The van der Waals surface area contributed by atoms with E-state index in [1.807, 2.05) is 0 Å². The summed E-state index contributed by atoms with van der Waals surface area (Å²) in [5, 5.41) is 0. The van der Waals surface area contributed by atoms with Gasteiger partial charge in [-0.25, -0.2) is 4.98 Å². The van der Waals surface area contributed by atoms with E-state index < -0.39 is 0 Å². The van der Waals surface area contributed by atoms with E-state index in [4.69, 9.17) is 4.74 Å². The molecule has 1 aromatic rings. The Morgan fingerprint density at radius 3 is 2.91 bits per heavy atom. The minimum absolute atomic E-state index is 0.411. The number of carbonyl (C=O) groups excluding carboxylic acids is 1.